The van der Waals surface area contributed by atoms with Crippen molar-refractivity contribution < 1.29 is 11.7 Å². The summed E-state index contributed by atoms with van der Waals surface area (Å²) in [6.07, 6.45) is 0. The topological polar surface area (TPSA) is 12.0 Å². The van der Waals surface area contributed by atoms with Crippen molar-refractivity contribution >= 4 is 9.64 Å². The fourth-order valence-corrected chi connectivity index (χ4v) is 2.33. The van der Waals surface area contributed by atoms with Crippen LogP contribution in [0.3, 0.4) is 0 Å². The number of rotatable bonds is 4. The van der Waals surface area contributed by atoms with Crippen LogP contribution in [0.25, 0.3) is 0 Å². The van der Waals surface area contributed by atoms with Crippen molar-refractivity contribution in [1.29, 1.82) is 0 Å². The maximum absolute atomic E-state index is 13.3. The molecular weight excluding hydrogens is 175 g/mol. The molecule has 0 bridgehead atoms. The molecule has 0 aromatic rings. The minimum Gasteiger partial charge on any atom is -0.231 e. The first-order valence-corrected chi connectivity index (χ1v) is 6.21. The van der Waals surface area contributed by atoms with Gasteiger partial charge in [-0.1, -0.05) is 20.8 Å². The molecule has 0 spiro atoms. The van der Waals surface area contributed by atoms with Crippen LogP contribution in [-0.4, -0.2) is 18.1 Å². The molecule has 0 aromatic heterocycles. The highest BCUT2D eigenvalue weighted by Crippen LogP contribution is 2.90. The summed E-state index contributed by atoms with van der Waals surface area (Å²) in [5.74, 6) is -1.46. The summed E-state index contributed by atoms with van der Waals surface area (Å²) in [6.45, 7) is 3.79. The molecule has 5 heteroatoms. The minimum absolute atomic E-state index is 0.0350. The molecule has 1 nitrogen and oxygen atoms in total. The van der Waals surface area contributed by atoms with Gasteiger partial charge in [0.1, 0.15) is 0 Å². The molecule has 0 aliphatic carbocycles. The second-order valence-corrected chi connectivity index (χ2v) is 7.18. The lowest BCUT2D eigenvalue weighted by Crippen LogP contribution is -2.40. The van der Waals surface area contributed by atoms with E-state index in [4.69, 9.17) is 0 Å². The van der Waals surface area contributed by atoms with Crippen molar-refractivity contribution in [3.8, 4) is 0 Å². The summed E-state index contributed by atoms with van der Waals surface area (Å²) in [7, 11) is -6.34. The number of halogens is 3. The largest absolute Gasteiger partial charge is 0.231 e. The zero-order valence-corrected chi connectivity index (χ0v) is 7.98. The van der Waals surface area contributed by atoms with Gasteiger partial charge >= 0.3 is 0 Å². The van der Waals surface area contributed by atoms with Crippen LogP contribution in [-0.2, 0) is 0 Å². The highest BCUT2D eigenvalue weighted by Gasteiger charge is 2.57. The van der Waals surface area contributed by atoms with Crippen LogP contribution < -0.4 is 4.72 Å². The quantitative estimate of drug-likeness (QED) is 0.720. The van der Waals surface area contributed by atoms with Crippen molar-refractivity contribution in [3.63, 3.8) is 0 Å². The van der Waals surface area contributed by atoms with Crippen LogP contribution in [0.4, 0.5) is 11.7 Å². The van der Waals surface area contributed by atoms with Gasteiger partial charge in [-0.2, -0.15) is 0 Å². The van der Waals surface area contributed by atoms with E-state index >= 15 is 0 Å². The Morgan fingerprint density at radius 1 is 1.00 bits per heavy atom. The zero-order chi connectivity index (χ0) is 9.24. The first kappa shape index (κ1) is 11.1. The Bertz CT molecular complexity index is 150. The van der Waals surface area contributed by atoms with Gasteiger partial charge in [0.05, 0.1) is 9.64 Å². The summed E-state index contributed by atoms with van der Waals surface area (Å²) in [5, 5.41) is 0. The molecule has 0 saturated carbocycles. The fraction of sp³-hybridized carbons (Fsp3) is 1.00. The average Bonchev–Trinajstić information content (AvgIpc) is 1.89. The summed E-state index contributed by atoms with van der Waals surface area (Å²) in [6, 6.07) is 0. The number of hydrogen-bond donors (Lipinski definition) is 1. The van der Waals surface area contributed by atoms with E-state index in [9.17, 15) is 11.7 Å². The van der Waals surface area contributed by atoms with Crippen LogP contribution >= 0.6 is 9.64 Å². The second kappa shape index (κ2) is 2.29. The molecule has 0 aromatic carbocycles. The van der Waals surface area contributed by atoms with Gasteiger partial charge < -0.3 is 0 Å². The summed E-state index contributed by atoms with van der Waals surface area (Å²) >= 11 is 0. The SMILES string of the molecule is CCNS(F)(F)(F)(CC)CC. The first-order valence-electron chi connectivity index (χ1n) is 3.72. The molecule has 0 unspecified atom stereocenters. The van der Waals surface area contributed by atoms with Gasteiger partial charge in [-0.3, -0.25) is 0 Å². The number of hydrogen-bond acceptors (Lipinski definition) is 1. The van der Waals surface area contributed by atoms with Crippen molar-refractivity contribution in [2.24, 2.45) is 0 Å². The van der Waals surface area contributed by atoms with Crippen molar-refractivity contribution in [2.75, 3.05) is 18.1 Å². The molecule has 0 radical (unpaired) electrons. The first-order chi connectivity index (χ1) is 4.71. The lowest BCUT2D eigenvalue weighted by atomic mass is 10.8. The molecule has 0 aliphatic heterocycles. The molecule has 0 heterocycles. The maximum Gasteiger partial charge on any atom is 0.0928 e. The molecule has 0 fully saturated rings. The van der Waals surface area contributed by atoms with Crippen molar-refractivity contribution in [1.82, 2.24) is 4.72 Å². The Morgan fingerprint density at radius 2 is 1.36 bits per heavy atom. The van der Waals surface area contributed by atoms with Crippen molar-refractivity contribution in [3.05, 3.63) is 0 Å². The van der Waals surface area contributed by atoms with E-state index in [1.54, 1.807) is 4.72 Å². The van der Waals surface area contributed by atoms with Gasteiger partial charge in [-0.05, 0) is 0 Å². The smallest absolute Gasteiger partial charge is 0.0928 e. The van der Waals surface area contributed by atoms with Crippen LogP contribution in [0.15, 0.2) is 0 Å². The van der Waals surface area contributed by atoms with Crippen LogP contribution in [0, 0.1) is 0 Å². The molecule has 0 aliphatic rings. The zero-order valence-electron chi connectivity index (χ0n) is 7.16. The van der Waals surface area contributed by atoms with Crippen LogP contribution in [0.2, 0.25) is 0 Å². The summed E-state index contributed by atoms with van der Waals surface area (Å²) < 4.78 is 41.6. The maximum atomic E-state index is 13.3. The Hall–Kier alpha value is 0.100. The monoisotopic (exact) mass is 191 g/mol. The Morgan fingerprint density at radius 3 is 1.45 bits per heavy atom. The molecule has 11 heavy (non-hydrogen) atoms. The lowest BCUT2D eigenvalue weighted by Gasteiger charge is -2.57. The predicted molar refractivity (Wildman–Crippen MR) is 45.7 cm³/mol. The standard InChI is InChI=1S/C6H16F3NS/c1-4-10-11(7,8,9,5-2)6-3/h10H,4-6H2,1-3H3. The van der Waals surface area contributed by atoms with Gasteiger partial charge in [0, 0.05) is 18.1 Å². The van der Waals surface area contributed by atoms with Gasteiger partial charge in [0.25, 0.3) is 0 Å². The number of nitrogens with one attached hydrogen (secondary N) is 1. The van der Waals surface area contributed by atoms with Gasteiger partial charge in [0.2, 0.25) is 0 Å². The predicted octanol–water partition coefficient (Wildman–Crippen LogP) is 3.08. The van der Waals surface area contributed by atoms with Gasteiger partial charge in [-0.25, -0.2) is 4.72 Å². The molecule has 0 rings (SSSR count). The van der Waals surface area contributed by atoms with Crippen LogP contribution in [0.1, 0.15) is 20.8 Å². The Balaban J connectivity index is 4.78. The Labute approximate surface area is 65.6 Å². The van der Waals surface area contributed by atoms with Gasteiger partial charge in [0.15, 0.2) is 0 Å². The van der Waals surface area contributed by atoms with E-state index in [-0.39, 0.29) is 6.54 Å². The summed E-state index contributed by atoms with van der Waals surface area (Å²) in [5.41, 5.74) is 0. The lowest BCUT2D eigenvalue weighted by molar-refractivity contribution is 0.513. The van der Waals surface area contributed by atoms with Gasteiger partial charge in [-0.15, -0.1) is 11.7 Å². The van der Waals surface area contributed by atoms with E-state index in [1.807, 2.05) is 0 Å². The molecule has 0 atom stereocenters. The average molecular weight is 191 g/mol. The van der Waals surface area contributed by atoms with Crippen LogP contribution in [0.5, 0.6) is 0 Å². The highest BCUT2D eigenvalue weighted by atomic mass is 32.4. The summed E-state index contributed by atoms with van der Waals surface area (Å²) in [4.78, 5) is 0. The normalized spacial score (nSPS) is 19.1. The second-order valence-electron chi connectivity index (χ2n) is 2.63. The molecule has 1 N–H and O–H groups in total. The third-order valence-electron chi connectivity index (χ3n) is 1.86. The molecule has 0 amide bonds. The fourth-order valence-electron chi connectivity index (χ4n) is 0.776. The van der Waals surface area contributed by atoms with E-state index < -0.39 is 21.1 Å². The molecule has 72 valence electrons. The third-order valence-corrected chi connectivity index (χ3v) is 5.59. The Kier molecular flexibility index (Phi) is 2.31. The minimum atomic E-state index is -6.34. The van der Waals surface area contributed by atoms with E-state index in [2.05, 4.69) is 0 Å². The molecule has 0 saturated heterocycles. The van der Waals surface area contributed by atoms with E-state index in [1.165, 1.54) is 20.8 Å². The van der Waals surface area contributed by atoms with Crippen molar-refractivity contribution in [2.45, 2.75) is 20.8 Å². The highest BCUT2D eigenvalue weighted by molar-refractivity contribution is 8.52. The molecular formula is C6H16F3NS. The van der Waals surface area contributed by atoms with E-state index in [0.717, 1.165) is 0 Å². The third kappa shape index (κ3) is 2.56. The van der Waals surface area contributed by atoms with E-state index in [0.29, 0.717) is 0 Å².